The van der Waals surface area contributed by atoms with E-state index in [4.69, 9.17) is 0 Å². The van der Waals surface area contributed by atoms with Crippen LogP contribution in [0.4, 0.5) is 10.1 Å². The van der Waals surface area contributed by atoms with Crippen LogP contribution in [0.1, 0.15) is 18.9 Å². The summed E-state index contributed by atoms with van der Waals surface area (Å²) in [5.41, 5.74) is 1.17. The molecule has 1 aliphatic carbocycles. The van der Waals surface area contributed by atoms with Gasteiger partial charge in [0, 0.05) is 16.2 Å². The van der Waals surface area contributed by atoms with Gasteiger partial charge in [-0.15, -0.1) is 10.2 Å². The highest BCUT2D eigenvalue weighted by Crippen LogP contribution is 2.41. The first kappa shape index (κ1) is 18.2. The predicted octanol–water partition coefficient (Wildman–Crippen LogP) is 4.91. The first-order chi connectivity index (χ1) is 13.1. The van der Waals surface area contributed by atoms with Gasteiger partial charge in [0.25, 0.3) is 0 Å². The molecular formula is C19H16BrFN4OS. The summed E-state index contributed by atoms with van der Waals surface area (Å²) < 4.78 is 17.1. The Hall–Kier alpha value is -2.19. The van der Waals surface area contributed by atoms with Gasteiger partial charge in [0.05, 0.1) is 11.3 Å². The average molecular weight is 447 g/mol. The van der Waals surface area contributed by atoms with E-state index in [1.165, 1.54) is 17.8 Å². The molecule has 138 valence electrons. The lowest BCUT2D eigenvalue weighted by Gasteiger charge is -2.09. The zero-order chi connectivity index (χ0) is 18.8. The van der Waals surface area contributed by atoms with Gasteiger partial charge in [-0.1, -0.05) is 39.8 Å². The summed E-state index contributed by atoms with van der Waals surface area (Å²) in [6.45, 7) is 0. The maximum atomic E-state index is 14.2. The Morgan fingerprint density at radius 2 is 1.93 bits per heavy atom. The van der Waals surface area contributed by atoms with Gasteiger partial charge in [0.15, 0.2) is 11.0 Å². The lowest BCUT2D eigenvalue weighted by molar-refractivity contribution is -0.113. The van der Waals surface area contributed by atoms with Crippen LogP contribution in [0.25, 0.3) is 11.4 Å². The van der Waals surface area contributed by atoms with Crippen LogP contribution >= 0.6 is 27.7 Å². The van der Waals surface area contributed by atoms with Crippen LogP contribution < -0.4 is 5.32 Å². The van der Waals surface area contributed by atoms with E-state index in [9.17, 15) is 9.18 Å². The molecule has 1 fully saturated rings. The topological polar surface area (TPSA) is 59.8 Å². The molecule has 8 heteroatoms. The van der Waals surface area contributed by atoms with Gasteiger partial charge in [-0.05, 0) is 49.2 Å². The molecule has 1 aliphatic rings. The quantitative estimate of drug-likeness (QED) is 0.546. The molecule has 0 unspecified atom stereocenters. The van der Waals surface area contributed by atoms with Crippen molar-refractivity contribution in [3.8, 4) is 11.4 Å². The molecule has 0 radical (unpaired) electrons. The molecule has 3 aromatic rings. The fourth-order valence-electron chi connectivity index (χ4n) is 2.72. The number of halogens is 2. The van der Waals surface area contributed by atoms with Crippen molar-refractivity contribution < 1.29 is 9.18 Å². The van der Waals surface area contributed by atoms with E-state index in [-0.39, 0.29) is 23.5 Å². The third kappa shape index (κ3) is 4.22. The van der Waals surface area contributed by atoms with Crippen molar-refractivity contribution in [3.05, 3.63) is 58.8 Å². The van der Waals surface area contributed by atoms with Crippen LogP contribution in [0.3, 0.4) is 0 Å². The zero-order valence-corrected chi connectivity index (χ0v) is 16.6. The SMILES string of the molecule is O=C(CSc1nnc(-c2ccccc2F)n1C1CC1)Nc1ccc(Br)cc1. The summed E-state index contributed by atoms with van der Waals surface area (Å²) in [6, 6.07) is 14.2. The first-order valence-electron chi connectivity index (χ1n) is 8.50. The number of nitrogens with one attached hydrogen (secondary N) is 1. The van der Waals surface area contributed by atoms with Crippen molar-refractivity contribution in [2.75, 3.05) is 11.1 Å². The molecule has 1 aromatic heterocycles. The molecule has 1 amide bonds. The van der Waals surface area contributed by atoms with E-state index in [1.807, 2.05) is 28.8 Å². The summed E-state index contributed by atoms with van der Waals surface area (Å²) >= 11 is 4.68. The maximum Gasteiger partial charge on any atom is 0.234 e. The standard InChI is InChI=1S/C19H16BrFN4OS/c20-12-5-7-13(8-6-12)22-17(26)11-27-19-24-23-18(25(19)14-9-10-14)15-3-1-2-4-16(15)21/h1-8,14H,9-11H2,(H,22,26). The third-order valence-electron chi connectivity index (χ3n) is 4.15. The van der Waals surface area contributed by atoms with Crippen molar-refractivity contribution in [2.45, 2.75) is 24.0 Å². The minimum absolute atomic E-state index is 0.125. The van der Waals surface area contributed by atoms with Gasteiger partial charge in [-0.2, -0.15) is 0 Å². The number of thioether (sulfide) groups is 1. The number of amides is 1. The molecule has 2 aromatic carbocycles. The largest absolute Gasteiger partial charge is 0.325 e. The van der Waals surface area contributed by atoms with Crippen molar-refractivity contribution in [1.29, 1.82) is 0 Å². The number of anilines is 1. The monoisotopic (exact) mass is 446 g/mol. The number of hydrogen-bond acceptors (Lipinski definition) is 4. The fourth-order valence-corrected chi connectivity index (χ4v) is 3.79. The Morgan fingerprint density at radius 1 is 1.19 bits per heavy atom. The average Bonchev–Trinajstić information content (AvgIpc) is 3.42. The number of carbonyl (C=O) groups is 1. The van der Waals surface area contributed by atoms with Crippen LogP contribution in [0.5, 0.6) is 0 Å². The second kappa shape index (κ2) is 7.82. The van der Waals surface area contributed by atoms with E-state index in [0.29, 0.717) is 16.5 Å². The molecule has 0 spiro atoms. The van der Waals surface area contributed by atoms with E-state index >= 15 is 0 Å². The highest BCUT2D eigenvalue weighted by Gasteiger charge is 2.31. The van der Waals surface area contributed by atoms with Crippen LogP contribution in [0.2, 0.25) is 0 Å². The van der Waals surface area contributed by atoms with Gasteiger partial charge < -0.3 is 5.32 Å². The minimum atomic E-state index is -0.323. The summed E-state index contributed by atoms with van der Waals surface area (Å²) in [4.78, 5) is 12.2. The third-order valence-corrected chi connectivity index (χ3v) is 5.62. The molecular weight excluding hydrogens is 431 g/mol. The van der Waals surface area contributed by atoms with Gasteiger partial charge in [-0.3, -0.25) is 9.36 Å². The Bertz CT molecular complexity index is 972. The molecule has 1 N–H and O–H groups in total. The minimum Gasteiger partial charge on any atom is -0.325 e. The number of aromatic nitrogens is 3. The predicted molar refractivity (Wildman–Crippen MR) is 107 cm³/mol. The number of rotatable bonds is 6. The van der Waals surface area contributed by atoms with Crippen molar-refractivity contribution >= 4 is 39.3 Å². The van der Waals surface area contributed by atoms with Gasteiger partial charge in [-0.25, -0.2) is 4.39 Å². The van der Waals surface area contributed by atoms with E-state index in [2.05, 4.69) is 31.4 Å². The summed E-state index contributed by atoms with van der Waals surface area (Å²) in [5.74, 6) is 0.279. The smallest absolute Gasteiger partial charge is 0.234 e. The molecule has 0 bridgehead atoms. The normalized spacial score (nSPS) is 13.6. The van der Waals surface area contributed by atoms with E-state index < -0.39 is 0 Å². The highest BCUT2D eigenvalue weighted by atomic mass is 79.9. The van der Waals surface area contributed by atoms with Crippen molar-refractivity contribution in [3.63, 3.8) is 0 Å². The Morgan fingerprint density at radius 3 is 2.63 bits per heavy atom. The van der Waals surface area contributed by atoms with E-state index in [1.54, 1.807) is 18.2 Å². The second-order valence-corrected chi connectivity index (χ2v) is 8.09. The summed E-state index contributed by atoms with van der Waals surface area (Å²) in [6.07, 6.45) is 2.02. The summed E-state index contributed by atoms with van der Waals surface area (Å²) in [5, 5.41) is 11.9. The molecule has 0 aliphatic heterocycles. The summed E-state index contributed by atoms with van der Waals surface area (Å²) in [7, 11) is 0. The van der Waals surface area contributed by atoms with Gasteiger partial charge in [0.2, 0.25) is 5.91 Å². The molecule has 0 saturated heterocycles. The Kier molecular flexibility index (Phi) is 5.27. The molecule has 1 heterocycles. The second-order valence-electron chi connectivity index (χ2n) is 6.23. The van der Waals surface area contributed by atoms with E-state index in [0.717, 1.165) is 23.0 Å². The molecule has 4 rings (SSSR count). The first-order valence-corrected chi connectivity index (χ1v) is 10.3. The molecule has 5 nitrogen and oxygen atoms in total. The highest BCUT2D eigenvalue weighted by molar-refractivity contribution is 9.10. The van der Waals surface area contributed by atoms with Gasteiger partial charge >= 0.3 is 0 Å². The maximum absolute atomic E-state index is 14.2. The number of nitrogens with zero attached hydrogens (tertiary/aromatic N) is 3. The van der Waals surface area contributed by atoms with Crippen LogP contribution in [-0.2, 0) is 4.79 Å². The zero-order valence-electron chi connectivity index (χ0n) is 14.2. The lowest BCUT2D eigenvalue weighted by Crippen LogP contribution is -2.14. The van der Waals surface area contributed by atoms with Crippen LogP contribution in [0, 0.1) is 5.82 Å². The van der Waals surface area contributed by atoms with Crippen molar-refractivity contribution in [1.82, 2.24) is 14.8 Å². The Labute approximate surface area is 168 Å². The fraction of sp³-hybridized carbons (Fsp3) is 0.211. The van der Waals surface area contributed by atoms with Gasteiger partial charge in [0.1, 0.15) is 5.82 Å². The Balaban J connectivity index is 1.49. The number of hydrogen-bond donors (Lipinski definition) is 1. The van der Waals surface area contributed by atoms with Crippen molar-refractivity contribution in [2.24, 2.45) is 0 Å². The van der Waals surface area contributed by atoms with Crippen LogP contribution in [-0.4, -0.2) is 26.4 Å². The number of carbonyl (C=O) groups excluding carboxylic acids is 1. The van der Waals surface area contributed by atoms with Crippen LogP contribution in [0.15, 0.2) is 58.2 Å². The lowest BCUT2D eigenvalue weighted by atomic mass is 10.2. The molecule has 0 atom stereocenters. The molecule has 1 saturated carbocycles. The number of benzene rings is 2. The molecule has 27 heavy (non-hydrogen) atoms.